The number of nitrogens with one attached hydrogen (secondary N) is 1. The highest BCUT2D eigenvalue weighted by molar-refractivity contribution is 5.38. The van der Waals surface area contributed by atoms with Crippen molar-refractivity contribution < 1.29 is 9.52 Å². The fourth-order valence-corrected chi connectivity index (χ4v) is 1.30. The molecule has 0 fully saturated rings. The lowest BCUT2D eigenvalue weighted by Crippen LogP contribution is -1.96. The van der Waals surface area contributed by atoms with E-state index in [1.807, 2.05) is 19.3 Å². The summed E-state index contributed by atoms with van der Waals surface area (Å²) in [5.41, 5.74) is 0.944. The first-order valence-corrected chi connectivity index (χ1v) is 4.69. The molecule has 0 radical (unpaired) electrons. The van der Waals surface area contributed by atoms with Gasteiger partial charge in [0.1, 0.15) is 18.1 Å². The summed E-state index contributed by atoms with van der Waals surface area (Å²) in [6.07, 6.45) is 3.63. The number of furan rings is 1. The molecule has 0 saturated carbocycles. The summed E-state index contributed by atoms with van der Waals surface area (Å²) in [7, 11) is 1.86. The maximum absolute atomic E-state index is 8.81. The first kappa shape index (κ1) is 9.79. The monoisotopic (exact) mass is 207 g/mol. The molecule has 0 bridgehead atoms. The van der Waals surface area contributed by atoms with Gasteiger partial charge in [0.05, 0.1) is 18.4 Å². The van der Waals surface area contributed by atoms with E-state index in [2.05, 4.69) is 10.4 Å². The molecule has 2 aromatic heterocycles. The predicted octanol–water partition coefficient (Wildman–Crippen LogP) is 1.12. The Morgan fingerprint density at radius 2 is 2.27 bits per heavy atom. The summed E-state index contributed by atoms with van der Waals surface area (Å²) in [4.78, 5) is 0. The van der Waals surface area contributed by atoms with Crippen molar-refractivity contribution in [2.75, 3.05) is 5.32 Å². The lowest BCUT2D eigenvalue weighted by Gasteiger charge is -1.99. The molecule has 2 aromatic rings. The molecule has 2 rings (SSSR count). The maximum atomic E-state index is 8.81. The molecule has 0 aliphatic carbocycles. The molecule has 0 atom stereocenters. The zero-order valence-corrected chi connectivity index (χ0v) is 8.47. The summed E-state index contributed by atoms with van der Waals surface area (Å²) in [6.45, 7) is 0.526. The molecule has 5 nitrogen and oxygen atoms in total. The van der Waals surface area contributed by atoms with Crippen LogP contribution in [0.25, 0.3) is 0 Å². The van der Waals surface area contributed by atoms with Crippen molar-refractivity contribution in [3.8, 4) is 0 Å². The van der Waals surface area contributed by atoms with Gasteiger partial charge in [-0.2, -0.15) is 5.10 Å². The second kappa shape index (κ2) is 4.18. The number of hydrogen-bond donors (Lipinski definition) is 2. The summed E-state index contributed by atoms with van der Waals surface area (Å²) < 4.78 is 7.05. The molecule has 0 amide bonds. The minimum atomic E-state index is -0.0626. The summed E-state index contributed by atoms with van der Waals surface area (Å²) >= 11 is 0. The van der Waals surface area contributed by atoms with Crippen molar-refractivity contribution in [1.82, 2.24) is 9.78 Å². The average molecular weight is 207 g/mol. The molecular weight excluding hydrogens is 194 g/mol. The number of aliphatic hydroxyl groups is 1. The molecule has 80 valence electrons. The van der Waals surface area contributed by atoms with Crippen LogP contribution in [0.2, 0.25) is 0 Å². The van der Waals surface area contributed by atoms with Crippen LogP contribution in [0.15, 0.2) is 28.9 Å². The lowest BCUT2D eigenvalue weighted by atomic mass is 10.4. The molecule has 2 N–H and O–H groups in total. The zero-order valence-electron chi connectivity index (χ0n) is 8.47. The van der Waals surface area contributed by atoms with Gasteiger partial charge in [-0.3, -0.25) is 4.68 Å². The van der Waals surface area contributed by atoms with E-state index in [4.69, 9.17) is 9.52 Å². The van der Waals surface area contributed by atoms with Crippen LogP contribution in [-0.2, 0) is 20.2 Å². The number of aromatic nitrogens is 2. The van der Waals surface area contributed by atoms with Crippen LogP contribution in [-0.4, -0.2) is 14.9 Å². The van der Waals surface area contributed by atoms with Crippen molar-refractivity contribution in [3.05, 3.63) is 36.0 Å². The molecule has 5 heteroatoms. The number of aliphatic hydroxyl groups excluding tert-OH is 1. The number of nitrogens with zero attached hydrogens (tertiary/aromatic N) is 2. The van der Waals surface area contributed by atoms with Gasteiger partial charge in [0.15, 0.2) is 0 Å². The molecule has 2 heterocycles. The highest BCUT2D eigenvalue weighted by atomic mass is 16.4. The van der Waals surface area contributed by atoms with Gasteiger partial charge in [-0.15, -0.1) is 0 Å². The average Bonchev–Trinajstić information content (AvgIpc) is 2.83. The summed E-state index contributed by atoms with van der Waals surface area (Å²) in [6, 6.07) is 3.61. The number of anilines is 1. The third kappa shape index (κ3) is 2.38. The van der Waals surface area contributed by atoms with Crippen LogP contribution < -0.4 is 5.32 Å². The van der Waals surface area contributed by atoms with Crippen molar-refractivity contribution in [1.29, 1.82) is 0 Å². The molecule has 0 spiro atoms. The highest BCUT2D eigenvalue weighted by Gasteiger charge is 2.01. The van der Waals surface area contributed by atoms with Crippen molar-refractivity contribution in [2.45, 2.75) is 13.2 Å². The molecule has 0 aliphatic heterocycles. The smallest absolute Gasteiger partial charge is 0.129 e. The van der Waals surface area contributed by atoms with Crippen molar-refractivity contribution >= 4 is 5.69 Å². The Kier molecular flexibility index (Phi) is 2.73. The van der Waals surface area contributed by atoms with Crippen LogP contribution in [0.5, 0.6) is 0 Å². The molecule has 15 heavy (non-hydrogen) atoms. The van der Waals surface area contributed by atoms with Crippen LogP contribution in [0, 0.1) is 0 Å². The van der Waals surface area contributed by atoms with Crippen LogP contribution in [0.4, 0.5) is 5.69 Å². The van der Waals surface area contributed by atoms with Crippen molar-refractivity contribution in [3.63, 3.8) is 0 Å². The van der Waals surface area contributed by atoms with Gasteiger partial charge in [-0.1, -0.05) is 0 Å². The first-order valence-electron chi connectivity index (χ1n) is 4.69. The standard InChI is InChI=1S/C10H13N3O2/c1-13-6-8(4-12-13)11-5-9-2-3-10(7-14)15-9/h2-4,6,11,14H,5,7H2,1H3. The molecule has 0 saturated heterocycles. The zero-order chi connectivity index (χ0) is 10.7. The van der Waals surface area contributed by atoms with Gasteiger partial charge in [0, 0.05) is 13.2 Å². The van der Waals surface area contributed by atoms with E-state index in [0.717, 1.165) is 11.4 Å². The fraction of sp³-hybridized carbons (Fsp3) is 0.300. The topological polar surface area (TPSA) is 63.2 Å². The number of hydrogen-bond acceptors (Lipinski definition) is 4. The number of aryl methyl sites for hydroxylation is 1. The van der Waals surface area contributed by atoms with Crippen LogP contribution in [0.1, 0.15) is 11.5 Å². The minimum Gasteiger partial charge on any atom is -0.462 e. The summed E-state index contributed by atoms with van der Waals surface area (Å²) in [5.74, 6) is 1.38. The Hall–Kier alpha value is -1.75. The van der Waals surface area contributed by atoms with Gasteiger partial charge >= 0.3 is 0 Å². The van der Waals surface area contributed by atoms with Gasteiger partial charge in [0.25, 0.3) is 0 Å². The Balaban J connectivity index is 1.93. The lowest BCUT2D eigenvalue weighted by molar-refractivity contribution is 0.244. The molecule has 0 aromatic carbocycles. The van der Waals surface area contributed by atoms with E-state index in [1.54, 1.807) is 16.9 Å². The number of rotatable bonds is 4. The summed E-state index contributed by atoms with van der Waals surface area (Å²) in [5, 5.41) is 16.0. The SMILES string of the molecule is Cn1cc(NCc2ccc(CO)o2)cn1. The third-order valence-electron chi connectivity index (χ3n) is 2.04. The van der Waals surface area contributed by atoms with Gasteiger partial charge in [-0.25, -0.2) is 0 Å². The van der Waals surface area contributed by atoms with E-state index in [-0.39, 0.29) is 6.61 Å². The highest BCUT2D eigenvalue weighted by Crippen LogP contribution is 2.10. The second-order valence-corrected chi connectivity index (χ2v) is 3.28. The van der Waals surface area contributed by atoms with Gasteiger partial charge in [0.2, 0.25) is 0 Å². The van der Waals surface area contributed by atoms with Gasteiger partial charge in [-0.05, 0) is 12.1 Å². The Bertz CT molecular complexity index is 433. The minimum absolute atomic E-state index is 0.0626. The molecule has 0 unspecified atom stereocenters. The van der Waals surface area contributed by atoms with Crippen molar-refractivity contribution in [2.24, 2.45) is 7.05 Å². The second-order valence-electron chi connectivity index (χ2n) is 3.28. The fourth-order valence-electron chi connectivity index (χ4n) is 1.30. The first-order chi connectivity index (χ1) is 7.28. The Morgan fingerprint density at radius 1 is 1.47 bits per heavy atom. The van der Waals surface area contributed by atoms with Crippen LogP contribution in [0.3, 0.4) is 0 Å². The van der Waals surface area contributed by atoms with E-state index >= 15 is 0 Å². The van der Waals surface area contributed by atoms with E-state index in [1.165, 1.54) is 0 Å². The molecule has 0 aliphatic rings. The van der Waals surface area contributed by atoms with Gasteiger partial charge < -0.3 is 14.8 Å². The van der Waals surface area contributed by atoms with E-state index < -0.39 is 0 Å². The largest absolute Gasteiger partial charge is 0.462 e. The maximum Gasteiger partial charge on any atom is 0.129 e. The normalized spacial score (nSPS) is 10.5. The Morgan fingerprint density at radius 3 is 2.87 bits per heavy atom. The van der Waals surface area contributed by atoms with Crippen LogP contribution >= 0.6 is 0 Å². The molecular formula is C10H13N3O2. The Labute approximate surface area is 87.3 Å². The van der Waals surface area contributed by atoms with E-state index in [9.17, 15) is 0 Å². The van der Waals surface area contributed by atoms with E-state index in [0.29, 0.717) is 12.3 Å². The quantitative estimate of drug-likeness (QED) is 0.788. The predicted molar refractivity (Wildman–Crippen MR) is 55.2 cm³/mol. The third-order valence-corrected chi connectivity index (χ3v) is 2.04.